The van der Waals surface area contributed by atoms with Crippen LogP contribution in [-0.4, -0.2) is 34.7 Å². The number of carbonyl (C=O) groups is 2. The maximum Gasteiger partial charge on any atom is 0.311 e. The lowest BCUT2D eigenvalue weighted by atomic mass is 10.1. The summed E-state index contributed by atoms with van der Waals surface area (Å²) < 4.78 is 5.16. The minimum atomic E-state index is -0.873. The van der Waals surface area contributed by atoms with E-state index < -0.39 is 18.0 Å². The van der Waals surface area contributed by atoms with Gasteiger partial charge in [-0.25, -0.2) is 0 Å². The van der Waals surface area contributed by atoms with E-state index >= 15 is 0 Å². The molecule has 1 heterocycles. The zero-order valence-electron chi connectivity index (χ0n) is 8.93. The molecule has 1 saturated heterocycles. The summed E-state index contributed by atoms with van der Waals surface area (Å²) in [7, 11) is 0. The third kappa shape index (κ3) is 3.74. The molecule has 1 rings (SSSR count). The van der Waals surface area contributed by atoms with Crippen LogP contribution in [0, 0.1) is 11.8 Å². The maximum atomic E-state index is 11.4. The van der Waals surface area contributed by atoms with Crippen molar-refractivity contribution in [3.8, 4) is 0 Å². The number of hydrogen-bond donors (Lipinski definition) is 1. The molecule has 1 aliphatic heterocycles. The second kappa shape index (κ2) is 5.39. The first-order valence-corrected chi connectivity index (χ1v) is 6.16. The minimum Gasteiger partial charge on any atom is -0.481 e. The molecule has 0 aromatic heterocycles. The third-order valence-corrected chi connectivity index (χ3v) is 3.36. The van der Waals surface area contributed by atoms with Gasteiger partial charge in [0.05, 0.1) is 0 Å². The Morgan fingerprint density at radius 3 is 2.67 bits per heavy atom. The van der Waals surface area contributed by atoms with Gasteiger partial charge in [-0.1, -0.05) is 13.8 Å². The summed E-state index contributed by atoms with van der Waals surface area (Å²) in [5, 5.41) is 8.87. The molecule has 5 heteroatoms. The fraction of sp³-hybridized carbons (Fsp3) is 0.800. The summed E-state index contributed by atoms with van der Waals surface area (Å²) in [6.07, 6.45) is -0.0909. The van der Waals surface area contributed by atoms with Crippen LogP contribution >= 0.6 is 11.8 Å². The molecule has 0 radical (unpaired) electrons. The topological polar surface area (TPSA) is 63.6 Å². The van der Waals surface area contributed by atoms with Crippen molar-refractivity contribution in [1.82, 2.24) is 0 Å². The van der Waals surface area contributed by atoms with Crippen molar-refractivity contribution in [3.63, 3.8) is 0 Å². The number of esters is 1. The number of hydrogen-bond acceptors (Lipinski definition) is 4. The van der Waals surface area contributed by atoms with Crippen LogP contribution in [0.15, 0.2) is 0 Å². The molecule has 2 unspecified atom stereocenters. The van der Waals surface area contributed by atoms with Crippen molar-refractivity contribution in [2.24, 2.45) is 11.8 Å². The second-order valence-electron chi connectivity index (χ2n) is 4.11. The lowest BCUT2D eigenvalue weighted by Crippen LogP contribution is -2.31. The first-order valence-electron chi connectivity index (χ1n) is 5.00. The van der Waals surface area contributed by atoms with Gasteiger partial charge in [0.25, 0.3) is 0 Å². The van der Waals surface area contributed by atoms with Crippen LogP contribution in [-0.2, 0) is 14.3 Å². The molecule has 0 aliphatic carbocycles. The van der Waals surface area contributed by atoms with E-state index in [1.807, 2.05) is 13.8 Å². The smallest absolute Gasteiger partial charge is 0.311 e. The predicted molar refractivity (Wildman–Crippen MR) is 57.8 cm³/mol. The number of aliphatic carboxylic acids is 1. The Kier molecular flexibility index (Phi) is 4.45. The number of carbonyl (C=O) groups excluding carboxylic acids is 1. The van der Waals surface area contributed by atoms with E-state index in [2.05, 4.69) is 0 Å². The highest BCUT2D eigenvalue weighted by atomic mass is 32.2. The van der Waals surface area contributed by atoms with Gasteiger partial charge in [-0.3, -0.25) is 9.59 Å². The highest BCUT2D eigenvalue weighted by Crippen LogP contribution is 2.27. The number of rotatable bonds is 4. The monoisotopic (exact) mass is 232 g/mol. The van der Waals surface area contributed by atoms with Crippen LogP contribution in [0.2, 0.25) is 0 Å². The molecule has 0 aromatic rings. The van der Waals surface area contributed by atoms with Crippen molar-refractivity contribution in [2.75, 3.05) is 11.5 Å². The Hall–Kier alpha value is -0.710. The molecule has 15 heavy (non-hydrogen) atoms. The van der Waals surface area contributed by atoms with E-state index in [1.165, 1.54) is 11.8 Å². The first kappa shape index (κ1) is 12.4. The van der Waals surface area contributed by atoms with Crippen molar-refractivity contribution < 1.29 is 19.4 Å². The summed E-state index contributed by atoms with van der Waals surface area (Å²) in [4.78, 5) is 22.2. The number of ether oxygens (including phenoxy) is 1. The highest BCUT2D eigenvalue weighted by molar-refractivity contribution is 7.99. The highest BCUT2D eigenvalue weighted by Gasteiger charge is 2.36. The molecule has 0 bridgehead atoms. The van der Waals surface area contributed by atoms with Gasteiger partial charge in [0, 0.05) is 17.9 Å². The fourth-order valence-corrected chi connectivity index (χ4v) is 2.71. The molecular formula is C10H16O4S. The summed E-state index contributed by atoms with van der Waals surface area (Å²) in [5.74, 6) is -0.317. The van der Waals surface area contributed by atoms with Gasteiger partial charge >= 0.3 is 11.9 Å². The first-order chi connectivity index (χ1) is 7.00. The van der Waals surface area contributed by atoms with Gasteiger partial charge in [-0.2, -0.15) is 11.8 Å². The maximum absolute atomic E-state index is 11.4. The number of thioether (sulfide) groups is 1. The fourth-order valence-electron chi connectivity index (χ4n) is 1.43. The second-order valence-corrected chi connectivity index (χ2v) is 5.18. The quantitative estimate of drug-likeness (QED) is 0.742. The van der Waals surface area contributed by atoms with Crippen LogP contribution in [0.4, 0.5) is 0 Å². The zero-order valence-corrected chi connectivity index (χ0v) is 9.75. The van der Waals surface area contributed by atoms with E-state index in [-0.39, 0.29) is 11.9 Å². The lowest BCUT2D eigenvalue weighted by molar-refractivity contribution is -0.156. The van der Waals surface area contributed by atoms with Crippen molar-refractivity contribution in [2.45, 2.75) is 26.4 Å². The SMILES string of the molecule is CC(C)CC(=O)OC1CSCC1C(=O)O. The van der Waals surface area contributed by atoms with Crippen molar-refractivity contribution in [3.05, 3.63) is 0 Å². The Labute approximate surface area is 93.4 Å². The van der Waals surface area contributed by atoms with E-state index in [0.29, 0.717) is 17.9 Å². The van der Waals surface area contributed by atoms with E-state index in [9.17, 15) is 9.59 Å². The van der Waals surface area contributed by atoms with Gasteiger partial charge in [0.1, 0.15) is 12.0 Å². The summed E-state index contributed by atoms with van der Waals surface area (Å²) in [5.41, 5.74) is 0. The molecule has 4 nitrogen and oxygen atoms in total. The predicted octanol–water partition coefficient (Wildman–Crippen LogP) is 1.39. The molecule has 1 N–H and O–H groups in total. The molecular weight excluding hydrogens is 216 g/mol. The van der Waals surface area contributed by atoms with Crippen LogP contribution in [0.3, 0.4) is 0 Å². The molecule has 86 valence electrons. The molecule has 2 atom stereocenters. The Morgan fingerprint density at radius 1 is 1.47 bits per heavy atom. The molecule has 1 fully saturated rings. The molecule has 0 aromatic carbocycles. The van der Waals surface area contributed by atoms with E-state index in [1.54, 1.807) is 0 Å². The van der Waals surface area contributed by atoms with Gasteiger partial charge in [0.2, 0.25) is 0 Å². The van der Waals surface area contributed by atoms with E-state index in [4.69, 9.17) is 9.84 Å². The lowest BCUT2D eigenvalue weighted by Gasteiger charge is -2.16. The summed E-state index contributed by atoms with van der Waals surface area (Å²) in [6, 6.07) is 0. The van der Waals surface area contributed by atoms with Crippen LogP contribution in [0.25, 0.3) is 0 Å². The van der Waals surface area contributed by atoms with Gasteiger partial charge in [-0.15, -0.1) is 0 Å². The average Bonchev–Trinajstić information content (AvgIpc) is 2.50. The third-order valence-electron chi connectivity index (χ3n) is 2.20. The molecule has 0 spiro atoms. The Morgan fingerprint density at radius 2 is 2.13 bits per heavy atom. The average molecular weight is 232 g/mol. The van der Waals surface area contributed by atoms with Gasteiger partial charge < -0.3 is 9.84 Å². The summed E-state index contributed by atoms with van der Waals surface area (Å²) >= 11 is 1.52. The largest absolute Gasteiger partial charge is 0.481 e. The van der Waals surface area contributed by atoms with Crippen LogP contribution in [0.5, 0.6) is 0 Å². The van der Waals surface area contributed by atoms with Crippen LogP contribution < -0.4 is 0 Å². The number of carboxylic acids is 1. The standard InChI is InChI=1S/C10H16O4S/c1-6(2)3-9(11)14-8-5-15-4-7(8)10(12)13/h6-8H,3-5H2,1-2H3,(H,12,13). The molecule has 0 saturated carbocycles. The number of carboxylic acid groups (broad SMARTS) is 1. The summed E-state index contributed by atoms with van der Waals surface area (Å²) in [6.45, 7) is 3.86. The Balaban J connectivity index is 2.43. The van der Waals surface area contributed by atoms with Crippen molar-refractivity contribution >= 4 is 23.7 Å². The Bertz CT molecular complexity index is 252. The van der Waals surface area contributed by atoms with E-state index in [0.717, 1.165) is 0 Å². The minimum absolute atomic E-state index is 0.245. The zero-order chi connectivity index (χ0) is 11.4. The molecule has 0 amide bonds. The normalized spacial score (nSPS) is 25.5. The van der Waals surface area contributed by atoms with Crippen molar-refractivity contribution in [1.29, 1.82) is 0 Å². The van der Waals surface area contributed by atoms with Crippen LogP contribution in [0.1, 0.15) is 20.3 Å². The van der Waals surface area contributed by atoms with Gasteiger partial charge in [-0.05, 0) is 5.92 Å². The molecule has 1 aliphatic rings. The van der Waals surface area contributed by atoms with Gasteiger partial charge in [0.15, 0.2) is 0 Å².